The summed E-state index contributed by atoms with van der Waals surface area (Å²) in [7, 11) is 0. The summed E-state index contributed by atoms with van der Waals surface area (Å²) in [4.78, 5) is 39.9. The molecule has 3 aliphatic rings. The van der Waals surface area contributed by atoms with E-state index in [1.54, 1.807) is 23.1 Å². The van der Waals surface area contributed by atoms with Gasteiger partial charge in [-0.25, -0.2) is 4.90 Å². The fraction of sp³-hybridized carbons (Fsp3) is 0.263. The van der Waals surface area contributed by atoms with E-state index in [-0.39, 0.29) is 23.6 Å². The van der Waals surface area contributed by atoms with Gasteiger partial charge in [-0.1, -0.05) is 0 Å². The predicted octanol–water partition coefficient (Wildman–Crippen LogP) is 1.96. The molecular weight excluding hydrogens is 382 g/mol. The lowest BCUT2D eigenvalue weighted by molar-refractivity contribution is -0.384. The number of nitro groups is 1. The van der Waals surface area contributed by atoms with Crippen molar-refractivity contribution in [2.45, 2.75) is 0 Å². The Balaban J connectivity index is 1.58. The highest BCUT2D eigenvalue weighted by molar-refractivity contribution is 6.35. The summed E-state index contributed by atoms with van der Waals surface area (Å²) in [5.74, 6) is -0.191. The molecule has 10 nitrogen and oxygen atoms in total. The second-order valence-electron chi connectivity index (χ2n) is 6.73. The molecule has 10 heteroatoms. The molecule has 3 aliphatic heterocycles. The Morgan fingerprint density at radius 1 is 0.931 bits per heavy atom. The molecule has 5 rings (SSSR count). The Labute approximate surface area is 164 Å². The van der Waals surface area contributed by atoms with E-state index in [0.717, 1.165) is 4.90 Å². The van der Waals surface area contributed by atoms with Crippen LogP contribution in [0.2, 0.25) is 0 Å². The smallest absolute Gasteiger partial charge is 0.293 e. The Hall–Kier alpha value is -3.66. The maximum Gasteiger partial charge on any atom is 0.293 e. The van der Waals surface area contributed by atoms with Gasteiger partial charge in [0.05, 0.1) is 35.0 Å². The van der Waals surface area contributed by atoms with Crippen molar-refractivity contribution in [2.24, 2.45) is 0 Å². The van der Waals surface area contributed by atoms with Gasteiger partial charge in [0.25, 0.3) is 17.5 Å². The largest absolute Gasteiger partial charge is 0.454 e. The van der Waals surface area contributed by atoms with Gasteiger partial charge in [0, 0.05) is 25.2 Å². The zero-order valence-electron chi connectivity index (χ0n) is 15.1. The second kappa shape index (κ2) is 6.45. The lowest BCUT2D eigenvalue weighted by Crippen LogP contribution is -2.36. The lowest BCUT2D eigenvalue weighted by atomic mass is 10.1. The lowest BCUT2D eigenvalue weighted by Gasteiger charge is -2.28. The Kier molecular flexibility index (Phi) is 3.88. The van der Waals surface area contributed by atoms with Crippen LogP contribution in [-0.2, 0) is 4.74 Å². The van der Waals surface area contributed by atoms with Crippen molar-refractivity contribution in [1.29, 1.82) is 0 Å². The van der Waals surface area contributed by atoms with Crippen molar-refractivity contribution in [2.75, 3.05) is 42.9 Å². The summed E-state index contributed by atoms with van der Waals surface area (Å²) in [5.41, 5.74) is 0.567. The highest BCUT2D eigenvalue weighted by Crippen LogP contribution is 2.40. The minimum Gasteiger partial charge on any atom is -0.454 e. The molecule has 1 fully saturated rings. The maximum atomic E-state index is 13.0. The van der Waals surface area contributed by atoms with Gasteiger partial charge >= 0.3 is 0 Å². The van der Waals surface area contributed by atoms with Crippen LogP contribution in [-0.4, -0.2) is 49.8 Å². The summed E-state index contributed by atoms with van der Waals surface area (Å²) >= 11 is 0. The van der Waals surface area contributed by atoms with E-state index in [4.69, 9.17) is 14.2 Å². The first kappa shape index (κ1) is 17.4. The molecular formula is C19H15N3O7. The summed E-state index contributed by atoms with van der Waals surface area (Å²) < 4.78 is 15.9. The molecule has 0 atom stereocenters. The molecule has 3 heterocycles. The van der Waals surface area contributed by atoms with Crippen LogP contribution in [0.3, 0.4) is 0 Å². The topological polar surface area (TPSA) is 111 Å². The van der Waals surface area contributed by atoms with Gasteiger partial charge in [0.15, 0.2) is 11.5 Å². The van der Waals surface area contributed by atoms with Crippen LogP contribution < -0.4 is 19.3 Å². The zero-order valence-corrected chi connectivity index (χ0v) is 15.1. The van der Waals surface area contributed by atoms with Crippen molar-refractivity contribution in [3.63, 3.8) is 0 Å². The monoisotopic (exact) mass is 397 g/mol. The van der Waals surface area contributed by atoms with E-state index in [9.17, 15) is 19.7 Å². The molecule has 0 aromatic heterocycles. The number of benzene rings is 2. The molecule has 0 saturated carbocycles. The van der Waals surface area contributed by atoms with Crippen LogP contribution in [0.15, 0.2) is 30.3 Å². The third-order valence-corrected chi connectivity index (χ3v) is 5.14. The van der Waals surface area contributed by atoms with Crippen LogP contribution in [0.25, 0.3) is 0 Å². The second-order valence-corrected chi connectivity index (χ2v) is 6.73. The Morgan fingerprint density at radius 3 is 2.34 bits per heavy atom. The fourth-order valence-electron chi connectivity index (χ4n) is 3.73. The number of hydrogen-bond acceptors (Lipinski definition) is 8. The van der Waals surface area contributed by atoms with Crippen LogP contribution in [0.4, 0.5) is 17.1 Å². The van der Waals surface area contributed by atoms with Gasteiger partial charge in [0.1, 0.15) is 5.69 Å². The van der Waals surface area contributed by atoms with E-state index in [1.807, 2.05) is 0 Å². The standard InChI is InChI=1S/C19H15N3O7/c23-18-12-8-14(20-3-5-27-6-4-20)15(22(25)26)9-13(12)19(24)21(18)11-1-2-16-17(7-11)29-10-28-16/h1-2,7-9H,3-6,10H2. The van der Waals surface area contributed by atoms with Crippen LogP contribution >= 0.6 is 0 Å². The quantitative estimate of drug-likeness (QED) is 0.439. The number of amides is 2. The average Bonchev–Trinajstić information content (AvgIpc) is 3.30. The van der Waals surface area contributed by atoms with Crippen molar-refractivity contribution in [1.82, 2.24) is 0 Å². The molecule has 0 aliphatic carbocycles. The zero-order chi connectivity index (χ0) is 20.1. The molecule has 0 unspecified atom stereocenters. The minimum absolute atomic E-state index is 0.0105. The number of hydrogen-bond donors (Lipinski definition) is 0. The number of carbonyl (C=O) groups excluding carboxylic acids is 2. The number of rotatable bonds is 3. The van der Waals surface area contributed by atoms with Crippen LogP contribution in [0, 0.1) is 10.1 Å². The Morgan fingerprint density at radius 2 is 1.62 bits per heavy atom. The number of anilines is 2. The van der Waals surface area contributed by atoms with Gasteiger partial charge in [-0.05, 0) is 18.2 Å². The molecule has 2 aromatic rings. The molecule has 0 bridgehead atoms. The first-order valence-corrected chi connectivity index (χ1v) is 8.98. The first-order valence-electron chi connectivity index (χ1n) is 8.98. The normalized spacial score (nSPS) is 17.7. The van der Waals surface area contributed by atoms with Crippen molar-refractivity contribution < 1.29 is 28.7 Å². The molecule has 148 valence electrons. The third-order valence-electron chi connectivity index (χ3n) is 5.14. The number of nitrogens with zero attached hydrogens (tertiary/aromatic N) is 3. The highest BCUT2D eigenvalue weighted by atomic mass is 16.7. The van der Waals surface area contributed by atoms with Crippen LogP contribution in [0.5, 0.6) is 11.5 Å². The van der Waals surface area contributed by atoms with E-state index in [1.165, 1.54) is 12.1 Å². The number of morpholine rings is 1. The number of fused-ring (bicyclic) bond motifs is 2. The van der Waals surface area contributed by atoms with E-state index >= 15 is 0 Å². The molecule has 2 amide bonds. The molecule has 29 heavy (non-hydrogen) atoms. The number of nitro benzene ring substituents is 1. The minimum atomic E-state index is -0.611. The van der Waals surface area contributed by atoms with Crippen molar-refractivity contribution in [3.8, 4) is 11.5 Å². The summed E-state index contributed by atoms with van der Waals surface area (Å²) in [6, 6.07) is 7.36. The highest BCUT2D eigenvalue weighted by Gasteiger charge is 2.40. The summed E-state index contributed by atoms with van der Waals surface area (Å²) in [5, 5.41) is 11.6. The molecule has 0 radical (unpaired) electrons. The van der Waals surface area contributed by atoms with E-state index < -0.39 is 16.7 Å². The van der Waals surface area contributed by atoms with Crippen molar-refractivity contribution in [3.05, 3.63) is 51.6 Å². The fourth-order valence-corrected chi connectivity index (χ4v) is 3.73. The van der Waals surface area contributed by atoms with Gasteiger partial charge in [-0.2, -0.15) is 0 Å². The van der Waals surface area contributed by atoms with Crippen LogP contribution in [0.1, 0.15) is 20.7 Å². The Bertz CT molecular complexity index is 1060. The predicted molar refractivity (Wildman–Crippen MR) is 99.8 cm³/mol. The number of imide groups is 1. The summed E-state index contributed by atoms with van der Waals surface area (Å²) in [6.07, 6.45) is 0. The first-order chi connectivity index (χ1) is 14.0. The molecule has 0 N–H and O–H groups in total. The van der Waals surface area contributed by atoms with Gasteiger partial charge in [-0.3, -0.25) is 19.7 Å². The third kappa shape index (κ3) is 2.68. The summed E-state index contributed by atoms with van der Waals surface area (Å²) in [6.45, 7) is 1.87. The van der Waals surface area contributed by atoms with E-state index in [0.29, 0.717) is 49.2 Å². The maximum absolute atomic E-state index is 13.0. The molecule has 2 aromatic carbocycles. The van der Waals surface area contributed by atoms with Gasteiger partial charge in [-0.15, -0.1) is 0 Å². The van der Waals surface area contributed by atoms with Gasteiger partial charge in [0.2, 0.25) is 6.79 Å². The van der Waals surface area contributed by atoms with Crippen molar-refractivity contribution >= 4 is 28.9 Å². The average molecular weight is 397 g/mol. The van der Waals surface area contributed by atoms with Gasteiger partial charge < -0.3 is 19.1 Å². The number of ether oxygens (including phenoxy) is 3. The molecule has 1 saturated heterocycles. The number of carbonyl (C=O) groups is 2. The molecule has 0 spiro atoms. The SMILES string of the molecule is O=C1c2cc(N3CCOCC3)c([N+](=O)[O-])cc2C(=O)N1c1ccc2c(c1)OCO2. The van der Waals surface area contributed by atoms with E-state index in [2.05, 4.69) is 0 Å².